The molecule has 36 heavy (non-hydrogen) atoms. The van der Waals surface area contributed by atoms with E-state index >= 15 is 0 Å². The van der Waals surface area contributed by atoms with Crippen molar-refractivity contribution in [1.82, 2.24) is 5.32 Å². The average molecular weight is 487 g/mol. The fraction of sp³-hybridized carbons (Fsp3) is 0.241. The lowest BCUT2D eigenvalue weighted by atomic mass is 10.1. The molecule has 7 nitrogen and oxygen atoms in total. The second-order valence-corrected chi connectivity index (χ2v) is 8.22. The van der Waals surface area contributed by atoms with E-state index in [9.17, 15) is 9.59 Å². The van der Waals surface area contributed by atoms with E-state index in [1.54, 1.807) is 42.3 Å². The van der Waals surface area contributed by atoms with Crippen LogP contribution >= 0.6 is 0 Å². The Labute approximate surface area is 211 Å². The number of para-hydroxylation sites is 2. The van der Waals surface area contributed by atoms with Gasteiger partial charge in [0.15, 0.2) is 23.0 Å². The van der Waals surface area contributed by atoms with E-state index in [0.717, 1.165) is 22.6 Å². The summed E-state index contributed by atoms with van der Waals surface area (Å²) in [6.07, 6.45) is 2.34. The van der Waals surface area contributed by atoms with Crippen LogP contribution in [-0.4, -0.2) is 38.6 Å². The number of fused-ring (bicyclic) bond motifs is 1. The third-order valence-electron chi connectivity index (χ3n) is 5.74. The van der Waals surface area contributed by atoms with Gasteiger partial charge in [-0.15, -0.1) is 0 Å². The molecule has 1 aliphatic heterocycles. The Morgan fingerprint density at radius 3 is 2.44 bits per heavy atom. The van der Waals surface area contributed by atoms with Crippen LogP contribution in [0.4, 0.5) is 5.69 Å². The van der Waals surface area contributed by atoms with Crippen molar-refractivity contribution in [3.8, 4) is 17.2 Å². The summed E-state index contributed by atoms with van der Waals surface area (Å²) in [5.74, 6) is 1.90. The first-order chi connectivity index (χ1) is 17.5. The molecule has 0 atom stereocenters. The maximum atomic E-state index is 12.7. The standard InChI is InChI=1S/C29H30N2O5/c1-4-34-25-15-12-21(18-26(25)35-5-2)16-17-30-28(32)22-13-10-20(11-14-22)19-27-29(33)31(3)23-8-6-7-9-24(23)36-27/h6-15,18-19H,4-5,16-17H2,1-3H3,(H,30,32). The van der Waals surface area contributed by atoms with Gasteiger partial charge in [0.05, 0.1) is 18.9 Å². The number of nitrogens with one attached hydrogen (secondary N) is 1. The van der Waals surface area contributed by atoms with Crippen LogP contribution in [0.15, 0.2) is 72.5 Å². The van der Waals surface area contributed by atoms with Gasteiger partial charge in [0, 0.05) is 19.2 Å². The summed E-state index contributed by atoms with van der Waals surface area (Å²) < 4.78 is 17.1. The molecule has 4 rings (SSSR count). The van der Waals surface area contributed by atoms with Gasteiger partial charge >= 0.3 is 0 Å². The molecule has 0 saturated carbocycles. The molecule has 0 saturated heterocycles. The predicted octanol–water partition coefficient (Wildman–Crippen LogP) is 4.85. The molecule has 0 aromatic heterocycles. The van der Waals surface area contributed by atoms with E-state index in [4.69, 9.17) is 14.2 Å². The molecule has 1 aliphatic rings. The fourth-order valence-electron chi connectivity index (χ4n) is 3.90. The number of likely N-dealkylation sites (N-methyl/N-ethyl adjacent to an activating group) is 1. The average Bonchev–Trinajstić information content (AvgIpc) is 2.89. The van der Waals surface area contributed by atoms with Crippen molar-refractivity contribution in [2.75, 3.05) is 31.7 Å². The number of carbonyl (C=O) groups excluding carboxylic acids is 2. The zero-order valence-electron chi connectivity index (χ0n) is 20.7. The van der Waals surface area contributed by atoms with Crippen LogP contribution in [-0.2, 0) is 11.2 Å². The molecule has 0 unspecified atom stereocenters. The summed E-state index contributed by atoms with van der Waals surface area (Å²) in [5.41, 5.74) is 3.08. The molecule has 1 N–H and O–H groups in total. The molecule has 0 aliphatic carbocycles. The Morgan fingerprint density at radius 1 is 0.972 bits per heavy atom. The SMILES string of the molecule is CCOc1ccc(CCNC(=O)c2ccc(C=C3Oc4ccccc4N(C)C3=O)cc2)cc1OCC. The number of nitrogens with zero attached hydrogens (tertiary/aromatic N) is 1. The van der Waals surface area contributed by atoms with E-state index in [2.05, 4.69) is 5.32 Å². The normalized spacial score (nSPS) is 13.7. The van der Waals surface area contributed by atoms with Crippen molar-refractivity contribution in [2.45, 2.75) is 20.3 Å². The molecule has 0 fully saturated rings. The molecule has 186 valence electrons. The van der Waals surface area contributed by atoms with Crippen molar-refractivity contribution in [3.63, 3.8) is 0 Å². The molecule has 0 radical (unpaired) electrons. The summed E-state index contributed by atoms with van der Waals surface area (Å²) in [4.78, 5) is 26.8. The number of rotatable bonds is 9. The Hall–Kier alpha value is -4.26. The molecular formula is C29H30N2O5. The van der Waals surface area contributed by atoms with Crippen LogP contribution in [0.3, 0.4) is 0 Å². The van der Waals surface area contributed by atoms with Crippen LogP contribution in [0.1, 0.15) is 35.3 Å². The van der Waals surface area contributed by atoms with Gasteiger partial charge in [0.25, 0.3) is 11.8 Å². The summed E-state index contributed by atoms with van der Waals surface area (Å²) in [5, 5.41) is 2.95. The monoisotopic (exact) mass is 486 g/mol. The van der Waals surface area contributed by atoms with E-state index < -0.39 is 0 Å². The number of carbonyl (C=O) groups is 2. The Bertz CT molecular complexity index is 1270. The Balaban J connectivity index is 1.36. The van der Waals surface area contributed by atoms with Gasteiger partial charge in [0.1, 0.15) is 0 Å². The van der Waals surface area contributed by atoms with Gasteiger partial charge in [-0.1, -0.05) is 30.3 Å². The minimum absolute atomic E-state index is 0.163. The van der Waals surface area contributed by atoms with Gasteiger partial charge in [-0.3, -0.25) is 9.59 Å². The van der Waals surface area contributed by atoms with Crippen LogP contribution < -0.4 is 24.4 Å². The highest BCUT2D eigenvalue weighted by atomic mass is 16.5. The van der Waals surface area contributed by atoms with Gasteiger partial charge in [-0.25, -0.2) is 0 Å². The quantitative estimate of drug-likeness (QED) is 0.438. The number of amides is 2. The summed E-state index contributed by atoms with van der Waals surface area (Å²) in [6.45, 7) is 5.47. The highest BCUT2D eigenvalue weighted by molar-refractivity contribution is 6.09. The van der Waals surface area contributed by atoms with Gasteiger partial charge in [-0.05, 0) is 73.9 Å². The van der Waals surface area contributed by atoms with E-state index in [1.807, 2.05) is 56.3 Å². The minimum atomic E-state index is -0.225. The van der Waals surface area contributed by atoms with Crippen LogP contribution in [0, 0.1) is 0 Å². The summed E-state index contributed by atoms with van der Waals surface area (Å²) in [6, 6.07) is 20.3. The second-order valence-electron chi connectivity index (χ2n) is 8.22. The minimum Gasteiger partial charge on any atom is -0.490 e. The van der Waals surface area contributed by atoms with Crippen molar-refractivity contribution in [1.29, 1.82) is 0 Å². The predicted molar refractivity (Wildman–Crippen MR) is 140 cm³/mol. The molecule has 3 aromatic carbocycles. The summed E-state index contributed by atoms with van der Waals surface area (Å²) in [7, 11) is 1.72. The van der Waals surface area contributed by atoms with Crippen molar-refractivity contribution in [3.05, 3.63) is 89.2 Å². The first-order valence-electron chi connectivity index (χ1n) is 12.0. The zero-order chi connectivity index (χ0) is 25.5. The summed E-state index contributed by atoms with van der Waals surface area (Å²) >= 11 is 0. The third kappa shape index (κ3) is 5.68. The van der Waals surface area contributed by atoms with Gasteiger partial charge < -0.3 is 24.4 Å². The largest absolute Gasteiger partial charge is 0.490 e. The van der Waals surface area contributed by atoms with Crippen LogP contribution in [0.5, 0.6) is 17.2 Å². The molecule has 3 aromatic rings. The highest BCUT2D eigenvalue weighted by Crippen LogP contribution is 2.34. The lowest BCUT2D eigenvalue weighted by molar-refractivity contribution is -0.117. The smallest absolute Gasteiger partial charge is 0.293 e. The van der Waals surface area contributed by atoms with E-state index in [0.29, 0.717) is 43.2 Å². The Morgan fingerprint density at radius 2 is 1.69 bits per heavy atom. The van der Waals surface area contributed by atoms with Crippen molar-refractivity contribution >= 4 is 23.6 Å². The first kappa shape index (κ1) is 24.9. The number of anilines is 1. The highest BCUT2D eigenvalue weighted by Gasteiger charge is 2.27. The van der Waals surface area contributed by atoms with Gasteiger partial charge in [-0.2, -0.15) is 0 Å². The molecule has 0 spiro atoms. The molecule has 7 heteroatoms. The number of hydrogen-bond acceptors (Lipinski definition) is 5. The van der Waals surface area contributed by atoms with Gasteiger partial charge in [0.2, 0.25) is 0 Å². The first-order valence-corrected chi connectivity index (χ1v) is 12.0. The third-order valence-corrected chi connectivity index (χ3v) is 5.74. The maximum Gasteiger partial charge on any atom is 0.293 e. The maximum absolute atomic E-state index is 12.7. The number of hydrogen-bond donors (Lipinski definition) is 1. The molecule has 0 bridgehead atoms. The van der Waals surface area contributed by atoms with Crippen molar-refractivity contribution in [2.24, 2.45) is 0 Å². The lowest BCUT2D eigenvalue weighted by Crippen LogP contribution is -2.33. The van der Waals surface area contributed by atoms with Crippen LogP contribution in [0.2, 0.25) is 0 Å². The molecule has 2 amide bonds. The van der Waals surface area contributed by atoms with E-state index in [-0.39, 0.29) is 17.6 Å². The Kier molecular flexibility index (Phi) is 7.90. The number of benzene rings is 3. The van der Waals surface area contributed by atoms with Crippen molar-refractivity contribution < 1.29 is 23.8 Å². The zero-order valence-corrected chi connectivity index (χ0v) is 20.7. The van der Waals surface area contributed by atoms with Crippen LogP contribution in [0.25, 0.3) is 6.08 Å². The topological polar surface area (TPSA) is 77.1 Å². The lowest BCUT2D eigenvalue weighted by Gasteiger charge is -2.27. The fourth-order valence-corrected chi connectivity index (χ4v) is 3.90. The molecular weight excluding hydrogens is 456 g/mol. The second kappa shape index (κ2) is 11.4. The van der Waals surface area contributed by atoms with E-state index in [1.165, 1.54) is 0 Å². The molecule has 1 heterocycles. The number of ether oxygens (including phenoxy) is 3.